The standard InChI is InChI=1S/C10H9NO3/c11-10(14)5-1-2-6-7(3-5)9(13)4-8(6)12/h1-3,8,12H,4H2,(H2,11,14). The summed E-state index contributed by atoms with van der Waals surface area (Å²) in [6, 6.07) is 4.53. The summed E-state index contributed by atoms with van der Waals surface area (Å²) in [5.74, 6) is -0.711. The van der Waals surface area contributed by atoms with E-state index in [4.69, 9.17) is 5.73 Å². The molecule has 1 atom stereocenters. The molecule has 1 aromatic carbocycles. The van der Waals surface area contributed by atoms with E-state index in [1.165, 1.54) is 12.1 Å². The largest absolute Gasteiger partial charge is 0.388 e. The topological polar surface area (TPSA) is 80.4 Å². The first kappa shape index (κ1) is 8.90. The number of aliphatic hydroxyl groups is 1. The minimum atomic E-state index is -0.737. The molecule has 0 heterocycles. The van der Waals surface area contributed by atoms with Crippen molar-refractivity contribution in [2.45, 2.75) is 12.5 Å². The van der Waals surface area contributed by atoms with Crippen LogP contribution in [-0.2, 0) is 0 Å². The number of hydrogen-bond acceptors (Lipinski definition) is 3. The van der Waals surface area contributed by atoms with Crippen LogP contribution in [0.3, 0.4) is 0 Å². The van der Waals surface area contributed by atoms with E-state index < -0.39 is 12.0 Å². The molecule has 0 radical (unpaired) electrons. The highest BCUT2D eigenvalue weighted by Gasteiger charge is 2.27. The molecule has 4 nitrogen and oxygen atoms in total. The summed E-state index contributed by atoms with van der Waals surface area (Å²) in [6.07, 6.45) is -0.642. The second kappa shape index (κ2) is 2.92. The lowest BCUT2D eigenvalue weighted by molar-refractivity contribution is 0.0929. The third kappa shape index (κ3) is 1.20. The summed E-state index contributed by atoms with van der Waals surface area (Å²) in [5, 5.41) is 9.44. The van der Waals surface area contributed by atoms with Crippen molar-refractivity contribution in [2.24, 2.45) is 5.73 Å². The van der Waals surface area contributed by atoms with Crippen molar-refractivity contribution in [2.75, 3.05) is 0 Å². The number of nitrogens with two attached hydrogens (primary N) is 1. The Hall–Kier alpha value is -1.68. The lowest BCUT2D eigenvalue weighted by Gasteiger charge is -2.02. The van der Waals surface area contributed by atoms with Gasteiger partial charge in [0.2, 0.25) is 5.91 Å². The molecule has 4 heteroatoms. The lowest BCUT2D eigenvalue weighted by Crippen LogP contribution is -2.11. The molecule has 3 N–H and O–H groups in total. The van der Waals surface area contributed by atoms with Gasteiger partial charge in [0.05, 0.1) is 6.10 Å². The van der Waals surface area contributed by atoms with Crippen molar-refractivity contribution in [3.05, 3.63) is 34.9 Å². The lowest BCUT2D eigenvalue weighted by atomic mass is 10.1. The summed E-state index contributed by atoms with van der Waals surface area (Å²) in [5.41, 5.74) is 6.37. The van der Waals surface area contributed by atoms with Crippen molar-refractivity contribution in [1.29, 1.82) is 0 Å². The van der Waals surface area contributed by atoms with Crippen LogP contribution >= 0.6 is 0 Å². The van der Waals surface area contributed by atoms with Crippen LogP contribution in [0.4, 0.5) is 0 Å². The van der Waals surface area contributed by atoms with Gasteiger partial charge >= 0.3 is 0 Å². The molecule has 1 aromatic rings. The smallest absolute Gasteiger partial charge is 0.248 e. The Balaban J connectivity index is 2.55. The molecule has 1 aliphatic carbocycles. The number of ketones is 1. The summed E-state index contributed by atoms with van der Waals surface area (Å²) in [7, 11) is 0. The number of benzene rings is 1. The van der Waals surface area contributed by atoms with Gasteiger partial charge in [-0.1, -0.05) is 6.07 Å². The summed E-state index contributed by atoms with van der Waals surface area (Å²) < 4.78 is 0. The maximum atomic E-state index is 11.3. The Morgan fingerprint density at radius 1 is 1.50 bits per heavy atom. The fourth-order valence-corrected chi connectivity index (χ4v) is 1.64. The van der Waals surface area contributed by atoms with Gasteiger partial charge in [-0.3, -0.25) is 9.59 Å². The molecule has 0 bridgehead atoms. The van der Waals surface area contributed by atoms with Gasteiger partial charge < -0.3 is 10.8 Å². The van der Waals surface area contributed by atoms with E-state index in [1.54, 1.807) is 6.07 Å². The van der Waals surface area contributed by atoms with Gasteiger partial charge in [0, 0.05) is 17.5 Å². The summed E-state index contributed by atoms with van der Waals surface area (Å²) in [4.78, 5) is 22.2. The zero-order chi connectivity index (χ0) is 10.3. The number of Topliss-reactive ketones (excluding diaryl/α,β-unsaturated/α-hetero) is 1. The quantitative estimate of drug-likeness (QED) is 0.674. The first-order chi connectivity index (χ1) is 6.59. The fraction of sp³-hybridized carbons (Fsp3) is 0.200. The van der Waals surface area contributed by atoms with Crippen LogP contribution in [0.2, 0.25) is 0 Å². The Morgan fingerprint density at radius 3 is 2.86 bits per heavy atom. The summed E-state index contributed by atoms with van der Waals surface area (Å²) >= 11 is 0. The number of aliphatic hydroxyl groups excluding tert-OH is 1. The zero-order valence-electron chi connectivity index (χ0n) is 7.36. The van der Waals surface area contributed by atoms with Crippen LogP contribution in [0.1, 0.15) is 38.8 Å². The van der Waals surface area contributed by atoms with E-state index in [0.717, 1.165) is 0 Å². The molecule has 2 rings (SSSR count). The van der Waals surface area contributed by atoms with Crippen LogP contribution in [-0.4, -0.2) is 16.8 Å². The Bertz CT molecular complexity index is 425. The minimum absolute atomic E-state index is 0.0948. The molecule has 0 aromatic heterocycles. The highest BCUT2D eigenvalue weighted by atomic mass is 16.3. The number of carbonyl (C=O) groups is 2. The number of carbonyl (C=O) groups excluding carboxylic acids is 2. The maximum Gasteiger partial charge on any atom is 0.248 e. The van der Waals surface area contributed by atoms with E-state index in [0.29, 0.717) is 16.7 Å². The fourth-order valence-electron chi connectivity index (χ4n) is 1.64. The molecule has 1 amide bonds. The van der Waals surface area contributed by atoms with Gasteiger partial charge in [0.25, 0.3) is 0 Å². The van der Waals surface area contributed by atoms with Gasteiger partial charge in [-0.25, -0.2) is 0 Å². The van der Waals surface area contributed by atoms with Crippen LogP contribution in [0.15, 0.2) is 18.2 Å². The van der Waals surface area contributed by atoms with Gasteiger partial charge in [-0.15, -0.1) is 0 Å². The molecule has 0 saturated carbocycles. The number of primary amides is 1. The molecule has 72 valence electrons. The first-order valence-corrected chi connectivity index (χ1v) is 4.24. The van der Waals surface area contributed by atoms with Crippen molar-refractivity contribution in [1.82, 2.24) is 0 Å². The first-order valence-electron chi connectivity index (χ1n) is 4.24. The average Bonchev–Trinajstić information content (AvgIpc) is 2.42. The number of amides is 1. The van der Waals surface area contributed by atoms with E-state index in [1.807, 2.05) is 0 Å². The predicted molar refractivity (Wildman–Crippen MR) is 48.9 cm³/mol. The number of rotatable bonds is 1. The van der Waals surface area contributed by atoms with Crippen LogP contribution in [0.25, 0.3) is 0 Å². The second-order valence-corrected chi connectivity index (χ2v) is 3.31. The summed E-state index contributed by atoms with van der Waals surface area (Å²) in [6.45, 7) is 0. The molecular weight excluding hydrogens is 182 g/mol. The van der Waals surface area contributed by atoms with Crippen LogP contribution in [0, 0.1) is 0 Å². The number of fused-ring (bicyclic) bond motifs is 1. The SMILES string of the molecule is NC(=O)c1ccc2c(c1)C(=O)CC2O. The number of hydrogen-bond donors (Lipinski definition) is 2. The van der Waals surface area contributed by atoms with Crippen molar-refractivity contribution >= 4 is 11.7 Å². The zero-order valence-corrected chi connectivity index (χ0v) is 7.36. The molecule has 0 fully saturated rings. The molecule has 0 spiro atoms. The normalized spacial score (nSPS) is 19.5. The van der Waals surface area contributed by atoms with E-state index in [2.05, 4.69) is 0 Å². The van der Waals surface area contributed by atoms with Crippen molar-refractivity contribution in [3.8, 4) is 0 Å². The van der Waals surface area contributed by atoms with Gasteiger partial charge in [-0.05, 0) is 17.7 Å². The van der Waals surface area contributed by atoms with Gasteiger partial charge in [0.1, 0.15) is 0 Å². The minimum Gasteiger partial charge on any atom is -0.388 e. The highest BCUT2D eigenvalue weighted by Crippen LogP contribution is 2.31. The Morgan fingerprint density at radius 2 is 2.21 bits per heavy atom. The molecule has 0 aliphatic heterocycles. The molecule has 1 unspecified atom stereocenters. The Kier molecular flexibility index (Phi) is 1.86. The van der Waals surface area contributed by atoms with E-state index in [9.17, 15) is 14.7 Å². The molecular formula is C10H9NO3. The predicted octanol–water partition coefficient (Wildman–Crippen LogP) is 0.405. The monoisotopic (exact) mass is 191 g/mol. The van der Waals surface area contributed by atoms with Crippen molar-refractivity contribution < 1.29 is 14.7 Å². The van der Waals surface area contributed by atoms with Crippen LogP contribution < -0.4 is 5.73 Å². The molecule has 1 aliphatic rings. The van der Waals surface area contributed by atoms with E-state index >= 15 is 0 Å². The highest BCUT2D eigenvalue weighted by molar-refractivity contribution is 6.03. The van der Waals surface area contributed by atoms with Crippen molar-refractivity contribution in [3.63, 3.8) is 0 Å². The third-order valence-corrected chi connectivity index (χ3v) is 2.38. The van der Waals surface area contributed by atoms with Crippen LogP contribution in [0.5, 0.6) is 0 Å². The molecule has 0 saturated heterocycles. The van der Waals surface area contributed by atoms with Gasteiger partial charge in [0.15, 0.2) is 5.78 Å². The van der Waals surface area contributed by atoms with Gasteiger partial charge in [-0.2, -0.15) is 0 Å². The third-order valence-electron chi connectivity index (χ3n) is 2.38. The Labute approximate surface area is 80.3 Å². The average molecular weight is 191 g/mol. The second-order valence-electron chi connectivity index (χ2n) is 3.31. The van der Waals surface area contributed by atoms with E-state index in [-0.39, 0.29) is 12.2 Å². The molecule has 14 heavy (non-hydrogen) atoms. The maximum absolute atomic E-state index is 11.3.